The standard InChI is InChI=1S/C16H19N5OS2/c1-11-2-5-20(6-3-11)8-12-10-23-15(18-12)19-14(22)13-9-21-7-4-17-16(21)24-13/h4,7,9-11H,2-3,5-6,8H2,1H3,(H,18,19,22). The number of aromatic nitrogens is 3. The molecule has 0 bridgehead atoms. The van der Waals surface area contributed by atoms with Crippen LogP contribution in [0.1, 0.15) is 35.1 Å². The maximum atomic E-state index is 12.3. The van der Waals surface area contributed by atoms with Gasteiger partial charge in [0, 0.05) is 30.5 Å². The van der Waals surface area contributed by atoms with Crippen molar-refractivity contribution >= 4 is 38.7 Å². The summed E-state index contributed by atoms with van der Waals surface area (Å²) in [5.74, 6) is 0.705. The highest BCUT2D eigenvalue weighted by Gasteiger charge is 2.17. The molecule has 24 heavy (non-hydrogen) atoms. The van der Waals surface area contributed by atoms with Crippen molar-refractivity contribution in [3.05, 3.63) is 34.5 Å². The van der Waals surface area contributed by atoms with Gasteiger partial charge < -0.3 is 0 Å². The van der Waals surface area contributed by atoms with Gasteiger partial charge in [0.05, 0.1) is 5.69 Å². The van der Waals surface area contributed by atoms with Crippen molar-refractivity contribution in [1.82, 2.24) is 19.3 Å². The van der Waals surface area contributed by atoms with Crippen molar-refractivity contribution in [3.63, 3.8) is 0 Å². The quantitative estimate of drug-likeness (QED) is 0.774. The van der Waals surface area contributed by atoms with Crippen molar-refractivity contribution in [2.24, 2.45) is 5.92 Å². The SMILES string of the molecule is CC1CCN(Cc2csc(NC(=O)c3cn4ccnc4s3)n2)CC1. The van der Waals surface area contributed by atoms with E-state index < -0.39 is 0 Å². The number of piperidine rings is 1. The van der Waals surface area contributed by atoms with Crippen LogP contribution in [0.25, 0.3) is 4.96 Å². The zero-order valence-corrected chi connectivity index (χ0v) is 15.1. The minimum Gasteiger partial charge on any atom is -0.297 e. The number of rotatable bonds is 4. The van der Waals surface area contributed by atoms with Crippen LogP contribution in [0.5, 0.6) is 0 Å². The summed E-state index contributed by atoms with van der Waals surface area (Å²) >= 11 is 2.86. The topological polar surface area (TPSA) is 62.5 Å². The van der Waals surface area contributed by atoms with E-state index in [2.05, 4.69) is 27.1 Å². The Morgan fingerprint density at radius 2 is 2.25 bits per heavy atom. The summed E-state index contributed by atoms with van der Waals surface area (Å²) in [7, 11) is 0. The van der Waals surface area contributed by atoms with Crippen LogP contribution in [-0.4, -0.2) is 38.3 Å². The smallest absolute Gasteiger partial charge is 0.269 e. The number of nitrogens with one attached hydrogen (secondary N) is 1. The highest BCUT2D eigenvalue weighted by atomic mass is 32.1. The fourth-order valence-electron chi connectivity index (χ4n) is 2.88. The van der Waals surface area contributed by atoms with Crippen molar-refractivity contribution in [2.75, 3.05) is 18.4 Å². The Kier molecular flexibility index (Phi) is 4.34. The van der Waals surface area contributed by atoms with Crippen LogP contribution in [0.3, 0.4) is 0 Å². The average molecular weight is 361 g/mol. The Bertz CT molecular complexity index is 815. The first-order valence-corrected chi connectivity index (χ1v) is 9.77. The molecule has 4 heterocycles. The third kappa shape index (κ3) is 3.35. The normalized spacial score (nSPS) is 16.7. The first-order chi connectivity index (χ1) is 11.7. The van der Waals surface area contributed by atoms with Gasteiger partial charge >= 0.3 is 0 Å². The number of fused-ring (bicyclic) bond motifs is 1. The van der Waals surface area contributed by atoms with Crippen LogP contribution in [0.2, 0.25) is 0 Å². The molecule has 0 unspecified atom stereocenters. The molecule has 0 aromatic carbocycles. The molecule has 1 aliphatic rings. The maximum absolute atomic E-state index is 12.3. The van der Waals surface area contributed by atoms with Gasteiger partial charge in [-0.15, -0.1) is 11.3 Å². The first kappa shape index (κ1) is 15.7. The highest BCUT2D eigenvalue weighted by Crippen LogP contribution is 2.22. The highest BCUT2D eigenvalue weighted by molar-refractivity contribution is 7.19. The van der Waals surface area contributed by atoms with E-state index in [0.717, 1.165) is 36.2 Å². The van der Waals surface area contributed by atoms with E-state index in [0.29, 0.717) is 10.0 Å². The van der Waals surface area contributed by atoms with E-state index in [4.69, 9.17) is 0 Å². The van der Waals surface area contributed by atoms with E-state index in [-0.39, 0.29) is 5.91 Å². The van der Waals surface area contributed by atoms with Crippen LogP contribution in [-0.2, 0) is 6.54 Å². The number of likely N-dealkylation sites (tertiary alicyclic amines) is 1. The summed E-state index contributed by atoms with van der Waals surface area (Å²) in [5.41, 5.74) is 1.03. The Morgan fingerprint density at radius 1 is 1.42 bits per heavy atom. The lowest BCUT2D eigenvalue weighted by atomic mass is 9.99. The van der Waals surface area contributed by atoms with E-state index >= 15 is 0 Å². The molecule has 1 fully saturated rings. The second kappa shape index (κ2) is 6.62. The van der Waals surface area contributed by atoms with Crippen molar-refractivity contribution < 1.29 is 4.79 Å². The molecule has 1 aliphatic heterocycles. The van der Waals surface area contributed by atoms with E-state index in [1.807, 2.05) is 16.0 Å². The molecule has 1 amide bonds. The fourth-order valence-corrected chi connectivity index (χ4v) is 4.41. The average Bonchev–Trinajstić information content (AvgIpc) is 3.25. The molecule has 0 atom stereocenters. The maximum Gasteiger partial charge on any atom is 0.269 e. The van der Waals surface area contributed by atoms with Gasteiger partial charge in [0.15, 0.2) is 10.1 Å². The third-order valence-electron chi connectivity index (χ3n) is 4.35. The predicted molar refractivity (Wildman–Crippen MR) is 96.8 cm³/mol. The minimum absolute atomic E-state index is 0.127. The molecule has 1 N–H and O–H groups in total. The van der Waals surface area contributed by atoms with E-state index in [1.165, 1.54) is 35.5 Å². The van der Waals surface area contributed by atoms with Crippen molar-refractivity contribution in [2.45, 2.75) is 26.3 Å². The summed E-state index contributed by atoms with van der Waals surface area (Å²) in [5, 5.41) is 5.59. The molecule has 3 aromatic rings. The zero-order chi connectivity index (χ0) is 16.5. The van der Waals surface area contributed by atoms with Crippen LogP contribution < -0.4 is 5.32 Å². The minimum atomic E-state index is -0.127. The number of hydrogen-bond donors (Lipinski definition) is 1. The molecule has 4 rings (SSSR count). The fraction of sp³-hybridized carbons (Fsp3) is 0.438. The number of thiazole rings is 2. The molecule has 0 radical (unpaired) electrons. The van der Waals surface area contributed by atoms with Gasteiger partial charge in [0.2, 0.25) is 0 Å². The number of carbonyl (C=O) groups is 1. The summed E-state index contributed by atoms with van der Waals surface area (Å²) in [4.78, 5) is 25.0. The van der Waals surface area contributed by atoms with Crippen molar-refractivity contribution in [3.8, 4) is 0 Å². The molecule has 126 valence electrons. The van der Waals surface area contributed by atoms with E-state index in [9.17, 15) is 4.79 Å². The molecular weight excluding hydrogens is 342 g/mol. The monoisotopic (exact) mass is 361 g/mol. The van der Waals surface area contributed by atoms with Gasteiger partial charge in [0.25, 0.3) is 5.91 Å². The summed E-state index contributed by atoms with van der Waals surface area (Å²) in [6, 6.07) is 0. The molecular formula is C16H19N5OS2. The Morgan fingerprint density at radius 3 is 3.04 bits per heavy atom. The van der Waals surface area contributed by atoms with Gasteiger partial charge in [-0.2, -0.15) is 0 Å². The lowest BCUT2D eigenvalue weighted by molar-refractivity contribution is 0.103. The first-order valence-electron chi connectivity index (χ1n) is 8.08. The third-order valence-corrected chi connectivity index (χ3v) is 6.16. The second-order valence-electron chi connectivity index (χ2n) is 6.27. The largest absolute Gasteiger partial charge is 0.297 e. The molecule has 0 spiro atoms. The number of amides is 1. The van der Waals surface area contributed by atoms with Crippen LogP contribution >= 0.6 is 22.7 Å². The lowest BCUT2D eigenvalue weighted by Gasteiger charge is -2.29. The van der Waals surface area contributed by atoms with E-state index in [1.54, 1.807) is 12.4 Å². The van der Waals surface area contributed by atoms with Gasteiger partial charge in [-0.25, -0.2) is 9.97 Å². The Hall–Kier alpha value is -1.77. The number of anilines is 1. The van der Waals surface area contributed by atoms with Gasteiger partial charge in [0.1, 0.15) is 4.88 Å². The molecule has 8 heteroatoms. The predicted octanol–water partition coefficient (Wildman–Crippen LogP) is 3.34. The molecule has 6 nitrogen and oxygen atoms in total. The number of nitrogens with zero attached hydrogens (tertiary/aromatic N) is 4. The second-order valence-corrected chi connectivity index (χ2v) is 8.14. The van der Waals surface area contributed by atoms with Crippen LogP contribution in [0, 0.1) is 5.92 Å². The lowest BCUT2D eigenvalue weighted by Crippen LogP contribution is -2.32. The van der Waals surface area contributed by atoms with Crippen LogP contribution in [0.4, 0.5) is 5.13 Å². The van der Waals surface area contributed by atoms with Crippen LogP contribution in [0.15, 0.2) is 24.0 Å². The van der Waals surface area contributed by atoms with Crippen molar-refractivity contribution in [1.29, 1.82) is 0 Å². The summed E-state index contributed by atoms with van der Waals surface area (Å²) in [6.45, 7) is 5.45. The summed E-state index contributed by atoms with van der Waals surface area (Å²) < 4.78 is 1.85. The van der Waals surface area contributed by atoms with Gasteiger partial charge in [-0.05, 0) is 31.8 Å². The molecule has 0 aliphatic carbocycles. The molecule has 0 saturated carbocycles. The van der Waals surface area contributed by atoms with Gasteiger partial charge in [-0.1, -0.05) is 18.3 Å². The Balaban J connectivity index is 1.37. The number of imidazole rings is 1. The molecule has 1 saturated heterocycles. The number of carbonyl (C=O) groups excluding carboxylic acids is 1. The number of hydrogen-bond acceptors (Lipinski definition) is 6. The summed E-state index contributed by atoms with van der Waals surface area (Å²) in [6.07, 6.45) is 7.87. The molecule has 3 aromatic heterocycles. The Labute approximate surface area is 148 Å². The van der Waals surface area contributed by atoms with Gasteiger partial charge in [-0.3, -0.25) is 19.4 Å². The zero-order valence-electron chi connectivity index (χ0n) is 13.4.